The van der Waals surface area contributed by atoms with Gasteiger partial charge in [0.25, 0.3) is 0 Å². The zero-order valence-electron chi connectivity index (χ0n) is 8.19. The van der Waals surface area contributed by atoms with Gasteiger partial charge in [-0.25, -0.2) is 0 Å². The molecule has 0 aromatic carbocycles. The molecule has 0 amide bonds. The van der Waals surface area contributed by atoms with Gasteiger partial charge in [0.05, 0.1) is 6.10 Å². The van der Waals surface area contributed by atoms with Crippen molar-refractivity contribution in [1.82, 2.24) is 0 Å². The highest BCUT2D eigenvalue weighted by Crippen LogP contribution is 2.30. The Balaban J connectivity index is 2.41. The quantitative estimate of drug-likeness (QED) is 0.702. The van der Waals surface area contributed by atoms with Crippen LogP contribution in [-0.4, -0.2) is 33.8 Å². The summed E-state index contributed by atoms with van der Waals surface area (Å²) < 4.78 is 5.01. The zero-order chi connectivity index (χ0) is 10.0. The van der Waals surface area contributed by atoms with Crippen molar-refractivity contribution >= 4 is 17.7 Å². The summed E-state index contributed by atoms with van der Waals surface area (Å²) in [6.07, 6.45) is 0.417. The molecule has 1 aliphatic heterocycles. The second-order valence-corrected chi connectivity index (χ2v) is 5.14. The summed E-state index contributed by atoms with van der Waals surface area (Å²) in [5.41, 5.74) is 0. The van der Waals surface area contributed by atoms with Crippen molar-refractivity contribution in [3.8, 4) is 0 Å². The molecule has 0 aromatic rings. The summed E-state index contributed by atoms with van der Waals surface area (Å²) in [7, 11) is 0. The van der Waals surface area contributed by atoms with Crippen LogP contribution in [0.2, 0.25) is 0 Å². The van der Waals surface area contributed by atoms with Gasteiger partial charge in [-0.3, -0.25) is 4.79 Å². The first-order chi connectivity index (χ1) is 6.00. The molecule has 1 fully saturated rings. The lowest BCUT2D eigenvalue weighted by atomic mass is 10.2. The van der Waals surface area contributed by atoms with E-state index in [2.05, 4.69) is 0 Å². The number of cyclic esters (lactones) is 1. The average Bonchev–Trinajstić information content (AvgIpc) is 2.30. The summed E-state index contributed by atoms with van der Waals surface area (Å²) in [6.45, 7) is 5.55. The van der Waals surface area contributed by atoms with Crippen LogP contribution in [0.1, 0.15) is 27.2 Å². The molecule has 1 rings (SSSR count). The minimum Gasteiger partial charge on any atom is -0.462 e. The van der Waals surface area contributed by atoms with Crippen molar-refractivity contribution in [3.63, 3.8) is 0 Å². The zero-order valence-corrected chi connectivity index (χ0v) is 9.00. The molecule has 0 bridgehead atoms. The summed E-state index contributed by atoms with van der Waals surface area (Å²) in [4.78, 5) is 11.2. The van der Waals surface area contributed by atoms with Gasteiger partial charge in [-0.2, -0.15) is 0 Å². The minimum absolute atomic E-state index is 0.0335. The third kappa shape index (κ3) is 2.88. The Kier molecular flexibility index (Phi) is 3.62. The number of rotatable bonds is 3. The van der Waals surface area contributed by atoms with E-state index in [0.29, 0.717) is 0 Å². The maximum absolute atomic E-state index is 11.2. The SMILES string of the molecule is C[C@@H]1C[C@@H](S[C@H](C)[C@H](C)O)C(=O)O1. The van der Waals surface area contributed by atoms with Crippen LogP contribution in [-0.2, 0) is 9.53 Å². The van der Waals surface area contributed by atoms with Crippen LogP contribution in [0.3, 0.4) is 0 Å². The lowest BCUT2D eigenvalue weighted by molar-refractivity contribution is -0.140. The largest absolute Gasteiger partial charge is 0.462 e. The molecule has 0 saturated carbocycles. The van der Waals surface area contributed by atoms with E-state index >= 15 is 0 Å². The minimum atomic E-state index is -0.381. The van der Waals surface area contributed by atoms with Gasteiger partial charge >= 0.3 is 5.97 Å². The highest BCUT2D eigenvalue weighted by Gasteiger charge is 2.34. The lowest BCUT2D eigenvalue weighted by Crippen LogP contribution is -2.21. The highest BCUT2D eigenvalue weighted by molar-refractivity contribution is 8.01. The van der Waals surface area contributed by atoms with E-state index in [0.717, 1.165) is 6.42 Å². The number of hydrogen-bond acceptors (Lipinski definition) is 4. The van der Waals surface area contributed by atoms with E-state index in [1.54, 1.807) is 6.92 Å². The molecular weight excluding hydrogens is 188 g/mol. The van der Waals surface area contributed by atoms with E-state index in [4.69, 9.17) is 4.74 Å². The van der Waals surface area contributed by atoms with Crippen LogP contribution < -0.4 is 0 Å². The van der Waals surface area contributed by atoms with Crippen LogP contribution in [0.25, 0.3) is 0 Å². The number of aliphatic hydroxyl groups excluding tert-OH is 1. The van der Waals surface area contributed by atoms with Gasteiger partial charge in [0.2, 0.25) is 0 Å². The molecule has 1 aliphatic rings. The number of aliphatic hydroxyl groups is 1. The highest BCUT2D eigenvalue weighted by atomic mass is 32.2. The maximum Gasteiger partial charge on any atom is 0.319 e. The number of ether oxygens (including phenoxy) is 1. The fourth-order valence-corrected chi connectivity index (χ4v) is 2.50. The first-order valence-corrected chi connectivity index (χ1v) is 5.49. The van der Waals surface area contributed by atoms with E-state index in [9.17, 15) is 9.90 Å². The van der Waals surface area contributed by atoms with Gasteiger partial charge in [0.1, 0.15) is 11.4 Å². The van der Waals surface area contributed by atoms with Crippen molar-refractivity contribution in [2.45, 2.75) is 49.9 Å². The summed E-state index contributed by atoms with van der Waals surface area (Å²) >= 11 is 1.50. The maximum atomic E-state index is 11.2. The number of carbonyl (C=O) groups is 1. The lowest BCUT2D eigenvalue weighted by Gasteiger charge is -2.16. The first kappa shape index (κ1) is 10.9. The number of carbonyl (C=O) groups excluding carboxylic acids is 1. The number of thioether (sulfide) groups is 1. The van der Waals surface area contributed by atoms with E-state index in [-0.39, 0.29) is 28.7 Å². The predicted octanol–water partition coefficient (Wildman–Crippen LogP) is 1.19. The van der Waals surface area contributed by atoms with E-state index in [1.165, 1.54) is 11.8 Å². The Hall–Kier alpha value is -0.220. The van der Waals surface area contributed by atoms with Crippen LogP contribution in [0.5, 0.6) is 0 Å². The van der Waals surface area contributed by atoms with Crippen molar-refractivity contribution in [2.24, 2.45) is 0 Å². The molecule has 3 nitrogen and oxygen atoms in total. The van der Waals surface area contributed by atoms with E-state index in [1.807, 2.05) is 13.8 Å². The molecule has 4 atom stereocenters. The van der Waals surface area contributed by atoms with Crippen LogP contribution in [0.15, 0.2) is 0 Å². The van der Waals surface area contributed by atoms with Crippen molar-refractivity contribution < 1.29 is 14.6 Å². The third-order valence-electron chi connectivity index (χ3n) is 2.18. The molecule has 0 aliphatic carbocycles. The summed E-state index contributed by atoms with van der Waals surface area (Å²) in [5.74, 6) is -0.134. The van der Waals surface area contributed by atoms with Crippen LogP contribution >= 0.6 is 11.8 Å². The first-order valence-electron chi connectivity index (χ1n) is 4.54. The Bertz CT molecular complexity index is 193. The number of esters is 1. The molecule has 0 aromatic heterocycles. The Morgan fingerprint density at radius 2 is 2.23 bits per heavy atom. The average molecular weight is 204 g/mol. The Labute approximate surface area is 82.8 Å². The van der Waals surface area contributed by atoms with Gasteiger partial charge < -0.3 is 9.84 Å². The fraction of sp³-hybridized carbons (Fsp3) is 0.889. The molecule has 0 spiro atoms. The standard InChI is InChI=1S/C9H16O3S/c1-5-4-8(9(11)12-5)13-7(3)6(2)10/h5-8,10H,4H2,1-3H3/t5-,6+,7-,8-/m1/s1. The molecule has 13 heavy (non-hydrogen) atoms. The topological polar surface area (TPSA) is 46.5 Å². The van der Waals surface area contributed by atoms with Crippen LogP contribution in [0.4, 0.5) is 0 Å². The molecule has 1 heterocycles. The van der Waals surface area contributed by atoms with Crippen molar-refractivity contribution in [3.05, 3.63) is 0 Å². The smallest absolute Gasteiger partial charge is 0.319 e. The van der Waals surface area contributed by atoms with Gasteiger partial charge in [0.15, 0.2) is 0 Å². The van der Waals surface area contributed by atoms with Gasteiger partial charge in [-0.05, 0) is 13.8 Å². The molecule has 4 heteroatoms. The molecule has 1 saturated heterocycles. The fourth-order valence-electron chi connectivity index (χ4n) is 1.20. The van der Waals surface area contributed by atoms with E-state index < -0.39 is 0 Å². The summed E-state index contributed by atoms with van der Waals surface area (Å²) in [6, 6.07) is 0. The monoisotopic (exact) mass is 204 g/mol. The van der Waals surface area contributed by atoms with Crippen molar-refractivity contribution in [2.75, 3.05) is 0 Å². The molecular formula is C9H16O3S. The van der Waals surface area contributed by atoms with Gasteiger partial charge in [-0.15, -0.1) is 11.8 Å². The van der Waals surface area contributed by atoms with Gasteiger partial charge in [0, 0.05) is 11.7 Å². The molecule has 76 valence electrons. The third-order valence-corrected chi connectivity index (χ3v) is 3.72. The molecule has 1 N–H and O–H groups in total. The summed E-state index contributed by atoms with van der Waals surface area (Å²) in [5, 5.41) is 9.26. The normalized spacial score (nSPS) is 32.8. The second-order valence-electron chi connectivity index (χ2n) is 3.55. The van der Waals surface area contributed by atoms with Crippen molar-refractivity contribution in [1.29, 1.82) is 0 Å². The Morgan fingerprint density at radius 3 is 2.62 bits per heavy atom. The predicted molar refractivity (Wildman–Crippen MR) is 52.7 cm³/mol. The van der Waals surface area contributed by atoms with Crippen LogP contribution in [0, 0.1) is 0 Å². The second kappa shape index (κ2) is 4.33. The number of hydrogen-bond donors (Lipinski definition) is 1. The molecule has 0 radical (unpaired) electrons. The molecule has 0 unspecified atom stereocenters. The Morgan fingerprint density at radius 1 is 1.62 bits per heavy atom. The van der Waals surface area contributed by atoms with Gasteiger partial charge in [-0.1, -0.05) is 6.92 Å².